The highest BCUT2D eigenvalue weighted by atomic mass is 19.4. The van der Waals surface area contributed by atoms with Crippen LogP contribution >= 0.6 is 0 Å². The van der Waals surface area contributed by atoms with Gasteiger partial charge in [0, 0.05) is 6.07 Å². The number of rotatable bonds is 2. The van der Waals surface area contributed by atoms with Gasteiger partial charge >= 0.3 is 6.18 Å². The molecule has 1 aromatic carbocycles. The first-order valence-corrected chi connectivity index (χ1v) is 6.76. The van der Waals surface area contributed by atoms with Gasteiger partial charge in [-0.25, -0.2) is 4.98 Å². The second kappa shape index (κ2) is 5.69. The standard InChI is InChI=1S/C15H8F3N7/c16-15(17,18)10-2-1-8(5-19)3-12(10)23-13-4-11(21)14-22-7-9(6-20)25(14)24-13/h1-4,7H,21H2,(H,23,24). The van der Waals surface area contributed by atoms with Crippen LogP contribution < -0.4 is 11.1 Å². The van der Waals surface area contributed by atoms with Crippen molar-refractivity contribution in [2.75, 3.05) is 11.1 Å². The number of fused-ring (bicyclic) bond motifs is 1. The number of alkyl halides is 3. The molecule has 0 aliphatic heterocycles. The number of aromatic nitrogens is 3. The van der Waals surface area contributed by atoms with Crippen LogP contribution in [0.1, 0.15) is 16.8 Å². The lowest BCUT2D eigenvalue weighted by Gasteiger charge is -2.15. The molecule has 3 rings (SSSR count). The molecule has 3 N–H and O–H groups in total. The van der Waals surface area contributed by atoms with Gasteiger partial charge in [-0.05, 0) is 18.2 Å². The number of nitrogens with zero attached hydrogens (tertiary/aromatic N) is 5. The molecule has 10 heteroatoms. The molecule has 0 radical (unpaired) electrons. The molecule has 0 amide bonds. The van der Waals surface area contributed by atoms with Crippen molar-refractivity contribution in [3.8, 4) is 12.1 Å². The summed E-state index contributed by atoms with van der Waals surface area (Å²) in [7, 11) is 0. The van der Waals surface area contributed by atoms with Gasteiger partial charge < -0.3 is 11.1 Å². The van der Waals surface area contributed by atoms with E-state index in [1.54, 1.807) is 6.07 Å². The lowest BCUT2D eigenvalue weighted by molar-refractivity contribution is -0.136. The quantitative estimate of drug-likeness (QED) is 0.739. The number of hydrogen-bond donors (Lipinski definition) is 2. The van der Waals surface area contributed by atoms with Crippen molar-refractivity contribution in [2.45, 2.75) is 6.18 Å². The Morgan fingerprint density at radius 3 is 2.56 bits per heavy atom. The van der Waals surface area contributed by atoms with Crippen LogP contribution in [0.15, 0.2) is 30.5 Å². The molecule has 0 saturated heterocycles. The Kier molecular flexibility index (Phi) is 3.66. The number of nitrogens with two attached hydrogens (primary N) is 1. The first-order chi connectivity index (χ1) is 11.8. The smallest absolute Gasteiger partial charge is 0.396 e. The highest BCUT2D eigenvalue weighted by Crippen LogP contribution is 2.36. The van der Waals surface area contributed by atoms with Crippen LogP contribution in [0.5, 0.6) is 0 Å². The van der Waals surface area contributed by atoms with Gasteiger partial charge in [0.15, 0.2) is 17.2 Å². The SMILES string of the molecule is N#Cc1ccc(C(F)(F)F)c(Nc2cc(N)c3ncc(C#N)n3n2)c1. The zero-order valence-corrected chi connectivity index (χ0v) is 12.3. The summed E-state index contributed by atoms with van der Waals surface area (Å²) in [4.78, 5) is 3.92. The van der Waals surface area contributed by atoms with Gasteiger partial charge in [0.05, 0.1) is 34.8 Å². The number of nitriles is 2. The van der Waals surface area contributed by atoms with Crippen LogP contribution in [0, 0.1) is 22.7 Å². The zero-order chi connectivity index (χ0) is 18.2. The molecular weight excluding hydrogens is 335 g/mol. The van der Waals surface area contributed by atoms with Crippen LogP contribution in [0.3, 0.4) is 0 Å². The van der Waals surface area contributed by atoms with Crippen molar-refractivity contribution in [1.29, 1.82) is 10.5 Å². The van der Waals surface area contributed by atoms with Gasteiger partial charge in [0.25, 0.3) is 0 Å². The molecular formula is C15H8F3N7. The van der Waals surface area contributed by atoms with Crippen molar-refractivity contribution in [3.05, 3.63) is 47.3 Å². The molecule has 0 aliphatic rings. The predicted molar refractivity (Wildman–Crippen MR) is 81.6 cm³/mol. The molecule has 2 heterocycles. The molecule has 0 spiro atoms. The maximum atomic E-state index is 13.2. The second-order valence-electron chi connectivity index (χ2n) is 4.97. The molecule has 7 nitrogen and oxygen atoms in total. The average molecular weight is 343 g/mol. The first-order valence-electron chi connectivity index (χ1n) is 6.76. The number of anilines is 3. The van der Waals surface area contributed by atoms with E-state index in [9.17, 15) is 13.2 Å². The molecule has 0 fully saturated rings. The van der Waals surface area contributed by atoms with Gasteiger partial charge in [-0.2, -0.15) is 28.2 Å². The van der Waals surface area contributed by atoms with E-state index in [2.05, 4.69) is 15.4 Å². The Morgan fingerprint density at radius 1 is 1.16 bits per heavy atom. The third kappa shape index (κ3) is 2.88. The maximum absolute atomic E-state index is 13.2. The summed E-state index contributed by atoms with van der Waals surface area (Å²) in [5, 5.41) is 24.5. The minimum Gasteiger partial charge on any atom is -0.396 e. The van der Waals surface area contributed by atoms with Crippen LogP contribution in [0.25, 0.3) is 5.65 Å². The largest absolute Gasteiger partial charge is 0.418 e. The van der Waals surface area contributed by atoms with Gasteiger partial charge in [-0.1, -0.05) is 0 Å². The van der Waals surface area contributed by atoms with Crippen molar-refractivity contribution in [2.24, 2.45) is 0 Å². The summed E-state index contributed by atoms with van der Waals surface area (Å²) in [6.07, 6.45) is -3.38. The van der Waals surface area contributed by atoms with Crippen molar-refractivity contribution in [3.63, 3.8) is 0 Å². The molecule has 0 saturated carbocycles. The van der Waals surface area contributed by atoms with Crippen LogP contribution in [-0.4, -0.2) is 14.6 Å². The lowest BCUT2D eigenvalue weighted by Crippen LogP contribution is -2.10. The van der Waals surface area contributed by atoms with Crippen molar-refractivity contribution >= 4 is 22.8 Å². The second-order valence-corrected chi connectivity index (χ2v) is 4.97. The molecule has 0 aliphatic carbocycles. The van der Waals surface area contributed by atoms with E-state index in [0.29, 0.717) is 0 Å². The molecule has 2 aromatic heterocycles. The third-order valence-corrected chi connectivity index (χ3v) is 3.33. The number of nitrogens with one attached hydrogen (secondary N) is 1. The Bertz CT molecular complexity index is 1050. The minimum absolute atomic E-state index is 0.0277. The first kappa shape index (κ1) is 16.1. The summed E-state index contributed by atoms with van der Waals surface area (Å²) in [6.45, 7) is 0. The van der Waals surface area contributed by atoms with E-state index in [-0.39, 0.29) is 34.1 Å². The summed E-state index contributed by atoms with van der Waals surface area (Å²) < 4.78 is 40.6. The molecule has 124 valence electrons. The molecule has 25 heavy (non-hydrogen) atoms. The molecule has 0 unspecified atom stereocenters. The number of imidazole rings is 1. The van der Waals surface area contributed by atoms with Crippen molar-refractivity contribution < 1.29 is 13.2 Å². The average Bonchev–Trinajstić information content (AvgIpc) is 2.97. The predicted octanol–water partition coefficient (Wildman–Crippen LogP) is 2.82. The van der Waals surface area contributed by atoms with Crippen molar-refractivity contribution in [1.82, 2.24) is 14.6 Å². The van der Waals surface area contributed by atoms with Crippen LogP contribution in [-0.2, 0) is 6.18 Å². The minimum atomic E-state index is -4.63. The fraction of sp³-hybridized carbons (Fsp3) is 0.0667. The van der Waals surface area contributed by atoms with Crippen LogP contribution in [0.4, 0.5) is 30.4 Å². The number of halogens is 3. The number of nitrogen functional groups attached to an aromatic ring is 1. The third-order valence-electron chi connectivity index (χ3n) is 3.33. The highest BCUT2D eigenvalue weighted by Gasteiger charge is 2.33. The Morgan fingerprint density at radius 2 is 1.92 bits per heavy atom. The van der Waals surface area contributed by atoms with Gasteiger partial charge in [0.1, 0.15) is 6.07 Å². The Balaban J connectivity index is 2.13. The van der Waals surface area contributed by atoms with Gasteiger partial charge in [-0.15, -0.1) is 5.10 Å². The summed E-state index contributed by atoms with van der Waals surface area (Å²) in [5.74, 6) is -0.0277. The van der Waals surface area contributed by atoms with E-state index >= 15 is 0 Å². The normalized spacial score (nSPS) is 11.1. The zero-order valence-electron chi connectivity index (χ0n) is 12.3. The van der Waals surface area contributed by atoms with E-state index in [1.165, 1.54) is 12.3 Å². The monoisotopic (exact) mass is 343 g/mol. The molecule has 0 bridgehead atoms. The fourth-order valence-electron chi connectivity index (χ4n) is 2.23. The summed E-state index contributed by atoms with van der Waals surface area (Å²) >= 11 is 0. The molecule has 0 atom stereocenters. The molecule has 3 aromatic rings. The lowest BCUT2D eigenvalue weighted by atomic mass is 10.1. The Hall–Kier alpha value is -3.79. The topological polar surface area (TPSA) is 116 Å². The fourth-order valence-corrected chi connectivity index (χ4v) is 2.23. The number of hydrogen-bond acceptors (Lipinski definition) is 6. The highest BCUT2D eigenvalue weighted by molar-refractivity contribution is 5.72. The van der Waals surface area contributed by atoms with E-state index in [1.807, 2.05) is 6.07 Å². The van der Waals surface area contributed by atoms with Gasteiger partial charge in [0.2, 0.25) is 0 Å². The number of benzene rings is 1. The van der Waals surface area contributed by atoms with E-state index < -0.39 is 11.7 Å². The van der Waals surface area contributed by atoms with Gasteiger partial charge in [-0.3, -0.25) is 0 Å². The van der Waals surface area contributed by atoms with E-state index in [4.69, 9.17) is 16.3 Å². The Labute approximate surface area is 138 Å². The maximum Gasteiger partial charge on any atom is 0.418 e. The summed E-state index contributed by atoms with van der Waals surface area (Å²) in [5.41, 5.74) is 4.96. The van der Waals surface area contributed by atoms with Crippen LogP contribution in [0.2, 0.25) is 0 Å². The summed E-state index contributed by atoms with van der Waals surface area (Å²) in [6, 6.07) is 7.86. The van der Waals surface area contributed by atoms with E-state index in [0.717, 1.165) is 22.7 Å².